The predicted octanol–water partition coefficient (Wildman–Crippen LogP) is 4.22. The maximum absolute atomic E-state index is 13.6. The Balaban J connectivity index is 1.91. The number of hydrogen-bond acceptors (Lipinski definition) is 3. The lowest BCUT2D eigenvalue weighted by Gasteiger charge is -2.33. The Hall–Kier alpha value is -2.12. The normalized spacial score (nSPS) is 17.3. The van der Waals surface area contributed by atoms with Crippen molar-refractivity contribution in [1.29, 1.82) is 0 Å². The van der Waals surface area contributed by atoms with Gasteiger partial charge in [-0.3, -0.25) is 9.10 Å². The molecule has 0 aliphatic heterocycles. The van der Waals surface area contributed by atoms with E-state index in [2.05, 4.69) is 5.32 Å². The van der Waals surface area contributed by atoms with Crippen LogP contribution in [0.3, 0.4) is 0 Å². The van der Waals surface area contributed by atoms with Gasteiger partial charge in [-0.15, -0.1) is 0 Å². The Kier molecular flexibility index (Phi) is 6.49. The summed E-state index contributed by atoms with van der Waals surface area (Å²) in [5.41, 5.74) is 2.42. The lowest BCUT2D eigenvalue weighted by Crippen LogP contribution is -2.50. The van der Waals surface area contributed by atoms with E-state index in [-0.39, 0.29) is 29.1 Å². The summed E-state index contributed by atoms with van der Waals surface area (Å²) >= 11 is 5.85. The number of amides is 1. The van der Waals surface area contributed by atoms with Crippen molar-refractivity contribution in [3.63, 3.8) is 0 Å². The fourth-order valence-corrected chi connectivity index (χ4v) is 5.23. The fourth-order valence-electron chi connectivity index (χ4n) is 3.85. The minimum atomic E-state index is -3.81. The number of rotatable bonds is 6. The highest BCUT2D eigenvalue weighted by Gasteiger charge is 2.33. The molecule has 2 aromatic carbocycles. The lowest BCUT2D eigenvalue weighted by atomic mass is 9.87. The Morgan fingerprint density at radius 1 is 1.31 bits per heavy atom. The van der Waals surface area contributed by atoms with Crippen molar-refractivity contribution in [1.82, 2.24) is 5.32 Å². The predicted molar refractivity (Wildman–Crippen MR) is 113 cm³/mol. The zero-order valence-electron chi connectivity index (χ0n) is 16.4. The summed E-state index contributed by atoms with van der Waals surface area (Å²) in [6.45, 7) is 1.74. The molecule has 1 aliphatic carbocycles. The zero-order valence-corrected chi connectivity index (χ0v) is 17.9. The van der Waals surface area contributed by atoms with Gasteiger partial charge in [-0.1, -0.05) is 42.8 Å². The van der Waals surface area contributed by atoms with Gasteiger partial charge in [0.1, 0.15) is 11.9 Å². The molecule has 0 spiro atoms. The molecule has 0 aromatic heterocycles. The summed E-state index contributed by atoms with van der Waals surface area (Å²) in [5.74, 6) is -1.04. The van der Waals surface area contributed by atoms with Crippen LogP contribution < -0.4 is 9.62 Å². The third-order valence-electron chi connectivity index (χ3n) is 5.17. The molecular weight excluding hydrogens is 415 g/mol. The third-order valence-corrected chi connectivity index (χ3v) is 6.64. The molecule has 3 rings (SSSR count). The van der Waals surface area contributed by atoms with Gasteiger partial charge in [0.2, 0.25) is 15.9 Å². The first-order valence-electron chi connectivity index (χ1n) is 9.55. The van der Waals surface area contributed by atoms with Crippen LogP contribution in [0.5, 0.6) is 0 Å². The molecule has 5 nitrogen and oxygen atoms in total. The van der Waals surface area contributed by atoms with Crippen molar-refractivity contribution in [2.24, 2.45) is 0 Å². The van der Waals surface area contributed by atoms with E-state index in [1.165, 1.54) is 17.7 Å². The van der Waals surface area contributed by atoms with Gasteiger partial charge < -0.3 is 5.32 Å². The second-order valence-corrected chi connectivity index (χ2v) is 9.50. The summed E-state index contributed by atoms with van der Waals surface area (Å²) in [4.78, 5) is 13.1. The second-order valence-electron chi connectivity index (χ2n) is 7.23. The number of sulfonamides is 1. The van der Waals surface area contributed by atoms with Crippen molar-refractivity contribution in [2.75, 3.05) is 10.6 Å². The van der Waals surface area contributed by atoms with E-state index in [9.17, 15) is 17.6 Å². The first-order chi connectivity index (χ1) is 13.7. The van der Waals surface area contributed by atoms with Crippen LogP contribution in [0.1, 0.15) is 43.4 Å². The van der Waals surface area contributed by atoms with Crippen molar-refractivity contribution in [3.05, 3.63) is 64.4 Å². The van der Waals surface area contributed by atoms with Crippen molar-refractivity contribution in [2.45, 2.75) is 44.7 Å². The monoisotopic (exact) mass is 438 g/mol. The Morgan fingerprint density at radius 2 is 2.03 bits per heavy atom. The smallest absolute Gasteiger partial charge is 0.244 e. The number of fused-ring (bicyclic) bond motifs is 1. The third kappa shape index (κ3) is 4.73. The molecule has 2 aromatic rings. The van der Waals surface area contributed by atoms with E-state index in [1.807, 2.05) is 24.3 Å². The number of benzene rings is 2. The highest BCUT2D eigenvalue weighted by atomic mass is 35.5. The van der Waals surface area contributed by atoms with E-state index in [0.717, 1.165) is 41.5 Å². The van der Waals surface area contributed by atoms with E-state index in [1.54, 1.807) is 6.92 Å². The molecule has 0 fully saturated rings. The van der Waals surface area contributed by atoms with E-state index in [0.29, 0.717) is 0 Å². The minimum Gasteiger partial charge on any atom is -0.347 e. The standard InChI is InChI=1S/C21H24ClFN2O3S/c1-3-20(25(29(2,27)28)15-11-12-18(23)17(22)13-15)21(26)24-19-10-6-8-14-7-4-5-9-16(14)19/h4-5,7,9,11-13,19-20H,3,6,8,10H2,1-2H3,(H,24,26)/t19-,20-/m1/s1. The largest absolute Gasteiger partial charge is 0.347 e. The van der Waals surface area contributed by atoms with Crippen LogP contribution in [0, 0.1) is 5.82 Å². The van der Waals surface area contributed by atoms with E-state index < -0.39 is 21.9 Å². The van der Waals surface area contributed by atoms with Crippen LogP contribution in [-0.2, 0) is 21.2 Å². The van der Waals surface area contributed by atoms with Gasteiger partial charge >= 0.3 is 0 Å². The van der Waals surface area contributed by atoms with Crippen LogP contribution in [-0.4, -0.2) is 26.6 Å². The first kappa shape index (κ1) is 21.6. The molecule has 0 radical (unpaired) electrons. The maximum Gasteiger partial charge on any atom is 0.244 e. The highest BCUT2D eigenvalue weighted by molar-refractivity contribution is 7.92. The molecule has 29 heavy (non-hydrogen) atoms. The first-order valence-corrected chi connectivity index (χ1v) is 11.8. The molecule has 1 aliphatic rings. The lowest BCUT2D eigenvalue weighted by molar-refractivity contribution is -0.123. The minimum absolute atomic E-state index is 0.157. The number of nitrogens with zero attached hydrogens (tertiary/aromatic N) is 1. The number of aryl methyl sites for hydroxylation is 1. The molecule has 8 heteroatoms. The summed E-state index contributed by atoms with van der Waals surface area (Å²) in [7, 11) is -3.81. The summed E-state index contributed by atoms with van der Waals surface area (Å²) in [6, 6.07) is 10.4. The number of halogens is 2. The van der Waals surface area contributed by atoms with Crippen molar-refractivity contribution in [3.8, 4) is 0 Å². The van der Waals surface area contributed by atoms with Gasteiger partial charge in [-0.25, -0.2) is 12.8 Å². The van der Waals surface area contributed by atoms with Crippen LogP contribution in [0.2, 0.25) is 5.02 Å². The van der Waals surface area contributed by atoms with Crippen LogP contribution in [0.25, 0.3) is 0 Å². The topological polar surface area (TPSA) is 66.5 Å². The molecule has 156 valence electrons. The molecule has 0 bridgehead atoms. The fraction of sp³-hybridized carbons (Fsp3) is 0.381. The average Bonchev–Trinajstić information content (AvgIpc) is 2.67. The Labute approximate surface area is 175 Å². The number of anilines is 1. The molecular formula is C21H24ClFN2O3S. The Bertz CT molecular complexity index is 1010. The number of nitrogens with one attached hydrogen (secondary N) is 1. The van der Waals surface area contributed by atoms with Crippen LogP contribution in [0.15, 0.2) is 42.5 Å². The van der Waals surface area contributed by atoms with E-state index in [4.69, 9.17) is 11.6 Å². The van der Waals surface area contributed by atoms with Gasteiger partial charge in [-0.2, -0.15) is 0 Å². The molecule has 2 atom stereocenters. The summed E-state index contributed by atoms with van der Waals surface area (Å²) in [5, 5.41) is 2.82. The van der Waals surface area contributed by atoms with Gasteiger partial charge in [-0.05, 0) is 55.0 Å². The number of carbonyl (C=O) groups excluding carboxylic acids is 1. The highest BCUT2D eigenvalue weighted by Crippen LogP contribution is 2.31. The number of hydrogen-bond donors (Lipinski definition) is 1. The zero-order chi connectivity index (χ0) is 21.2. The van der Waals surface area contributed by atoms with Crippen molar-refractivity contribution >= 4 is 33.2 Å². The van der Waals surface area contributed by atoms with Gasteiger partial charge in [0.05, 0.1) is 23.0 Å². The van der Waals surface area contributed by atoms with Crippen LogP contribution >= 0.6 is 11.6 Å². The summed E-state index contributed by atoms with van der Waals surface area (Å²) < 4.78 is 39.7. The molecule has 0 heterocycles. The molecule has 0 saturated carbocycles. The SMILES string of the molecule is CC[C@H](C(=O)N[C@@H]1CCCc2ccccc21)N(c1ccc(F)c(Cl)c1)S(C)(=O)=O. The van der Waals surface area contributed by atoms with Gasteiger partial charge in [0.25, 0.3) is 0 Å². The van der Waals surface area contributed by atoms with Gasteiger partial charge in [0.15, 0.2) is 0 Å². The van der Waals surface area contributed by atoms with Gasteiger partial charge in [0, 0.05) is 0 Å². The van der Waals surface area contributed by atoms with E-state index >= 15 is 0 Å². The molecule has 1 N–H and O–H groups in total. The summed E-state index contributed by atoms with van der Waals surface area (Å²) in [6.07, 6.45) is 3.98. The van der Waals surface area contributed by atoms with Crippen molar-refractivity contribution < 1.29 is 17.6 Å². The number of carbonyl (C=O) groups is 1. The quantitative estimate of drug-likeness (QED) is 0.734. The Morgan fingerprint density at radius 3 is 2.69 bits per heavy atom. The maximum atomic E-state index is 13.6. The average molecular weight is 439 g/mol. The molecule has 0 saturated heterocycles. The van der Waals surface area contributed by atoms with Crippen LogP contribution in [0.4, 0.5) is 10.1 Å². The second kappa shape index (κ2) is 8.71. The molecule has 0 unspecified atom stereocenters. The molecule has 1 amide bonds.